The molecule has 0 heterocycles. The first kappa shape index (κ1) is 17.4. The van der Waals surface area contributed by atoms with Crippen LogP contribution in [0.3, 0.4) is 0 Å². The predicted octanol–water partition coefficient (Wildman–Crippen LogP) is 4.67. The van der Waals surface area contributed by atoms with Crippen molar-refractivity contribution in [2.75, 3.05) is 0 Å². The quantitative estimate of drug-likeness (QED) is 0.379. The molecule has 0 radical (unpaired) electrons. The molecule has 1 N–H and O–H groups in total. The summed E-state index contributed by atoms with van der Waals surface area (Å²) in [4.78, 5) is 11.8. The molecule has 0 saturated carbocycles. The van der Waals surface area contributed by atoms with Gasteiger partial charge in [0.05, 0.1) is 5.71 Å². The standard InChI is InChI=1S/C18H28N2O/c1-3-5-6-7-8-12-15-18(21)20-19-17(4-2)16-13-10-9-11-14-16/h9-11,13-14H,3-8,12,15H2,1-2H3,(H,20,21). The number of nitrogens with zero attached hydrogens (tertiary/aromatic N) is 1. The van der Waals surface area contributed by atoms with Gasteiger partial charge in [-0.2, -0.15) is 5.10 Å². The first-order valence-electron chi connectivity index (χ1n) is 8.18. The van der Waals surface area contributed by atoms with Crippen molar-refractivity contribution in [2.24, 2.45) is 5.10 Å². The smallest absolute Gasteiger partial charge is 0.240 e. The number of benzene rings is 1. The van der Waals surface area contributed by atoms with Gasteiger partial charge in [0.15, 0.2) is 0 Å². The SMILES string of the molecule is CCCCCCCCC(=O)NN=C(CC)c1ccccc1. The van der Waals surface area contributed by atoms with Gasteiger partial charge in [-0.05, 0) is 18.4 Å². The maximum atomic E-state index is 11.8. The fraction of sp³-hybridized carbons (Fsp3) is 0.556. The number of hydrazone groups is 1. The second-order valence-electron chi connectivity index (χ2n) is 5.33. The molecule has 0 bridgehead atoms. The number of unbranched alkanes of at least 4 members (excludes halogenated alkanes) is 5. The van der Waals surface area contributed by atoms with E-state index in [4.69, 9.17) is 0 Å². The second-order valence-corrected chi connectivity index (χ2v) is 5.33. The molecule has 1 amide bonds. The molecule has 0 unspecified atom stereocenters. The lowest BCUT2D eigenvalue weighted by Gasteiger charge is -2.05. The van der Waals surface area contributed by atoms with E-state index in [0.29, 0.717) is 6.42 Å². The summed E-state index contributed by atoms with van der Waals surface area (Å²) in [6.07, 6.45) is 8.54. The Morgan fingerprint density at radius 3 is 2.33 bits per heavy atom. The van der Waals surface area contributed by atoms with Crippen LogP contribution in [0.15, 0.2) is 35.4 Å². The summed E-state index contributed by atoms with van der Waals surface area (Å²) in [5, 5.41) is 4.26. The molecule has 116 valence electrons. The van der Waals surface area contributed by atoms with Gasteiger partial charge in [0.25, 0.3) is 0 Å². The highest BCUT2D eigenvalue weighted by atomic mass is 16.2. The molecular formula is C18H28N2O. The zero-order valence-electron chi connectivity index (χ0n) is 13.4. The molecule has 3 nitrogen and oxygen atoms in total. The first-order chi connectivity index (χ1) is 10.3. The van der Waals surface area contributed by atoms with Gasteiger partial charge in [-0.15, -0.1) is 0 Å². The molecule has 1 aromatic rings. The van der Waals surface area contributed by atoms with Crippen molar-refractivity contribution in [2.45, 2.75) is 65.2 Å². The van der Waals surface area contributed by atoms with Crippen LogP contribution in [-0.4, -0.2) is 11.6 Å². The second kappa shape index (κ2) is 11.1. The molecule has 0 aliphatic rings. The molecular weight excluding hydrogens is 260 g/mol. The Morgan fingerprint density at radius 2 is 1.67 bits per heavy atom. The van der Waals surface area contributed by atoms with Gasteiger partial charge < -0.3 is 0 Å². The summed E-state index contributed by atoms with van der Waals surface area (Å²) < 4.78 is 0. The summed E-state index contributed by atoms with van der Waals surface area (Å²) in [5.74, 6) is 0.0207. The van der Waals surface area contributed by atoms with Crippen molar-refractivity contribution >= 4 is 11.6 Å². The van der Waals surface area contributed by atoms with Crippen LogP contribution in [0.1, 0.15) is 70.8 Å². The molecule has 0 aliphatic heterocycles. The Labute approximate surface area is 128 Å². The van der Waals surface area contributed by atoms with E-state index < -0.39 is 0 Å². The Morgan fingerprint density at radius 1 is 1.00 bits per heavy atom. The van der Waals surface area contributed by atoms with E-state index in [-0.39, 0.29) is 5.91 Å². The van der Waals surface area contributed by atoms with Crippen LogP contribution in [0.4, 0.5) is 0 Å². The molecule has 0 fully saturated rings. The Balaban J connectivity index is 2.28. The average Bonchev–Trinajstić information content (AvgIpc) is 2.52. The van der Waals surface area contributed by atoms with Gasteiger partial charge in [0.2, 0.25) is 5.91 Å². The number of hydrogen-bond acceptors (Lipinski definition) is 2. The van der Waals surface area contributed by atoms with Crippen LogP contribution in [0, 0.1) is 0 Å². The van der Waals surface area contributed by atoms with Crippen LogP contribution in [-0.2, 0) is 4.79 Å². The lowest BCUT2D eigenvalue weighted by molar-refractivity contribution is -0.121. The Kier molecular flexibility index (Phi) is 9.18. The normalized spacial score (nSPS) is 11.4. The molecule has 1 rings (SSSR count). The van der Waals surface area contributed by atoms with E-state index in [1.165, 1.54) is 25.7 Å². The van der Waals surface area contributed by atoms with Gasteiger partial charge in [0.1, 0.15) is 0 Å². The minimum absolute atomic E-state index is 0.0207. The van der Waals surface area contributed by atoms with Crippen LogP contribution in [0.2, 0.25) is 0 Å². The van der Waals surface area contributed by atoms with Crippen LogP contribution in [0.25, 0.3) is 0 Å². The van der Waals surface area contributed by atoms with Crippen molar-refractivity contribution in [1.82, 2.24) is 5.43 Å². The fourth-order valence-electron chi connectivity index (χ4n) is 2.23. The Hall–Kier alpha value is -1.64. The monoisotopic (exact) mass is 288 g/mol. The molecule has 0 spiro atoms. The molecule has 21 heavy (non-hydrogen) atoms. The summed E-state index contributed by atoms with van der Waals surface area (Å²) in [5.41, 5.74) is 4.68. The van der Waals surface area contributed by atoms with Crippen molar-refractivity contribution in [3.63, 3.8) is 0 Å². The van der Waals surface area contributed by atoms with E-state index in [9.17, 15) is 4.79 Å². The number of hydrogen-bond donors (Lipinski definition) is 1. The molecule has 0 atom stereocenters. The van der Waals surface area contributed by atoms with Crippen LogP contribution < -0.4 is 5.43 Å². The van der Waals surface area contributed by atoms with Gasteiger partial charge >= 0.3 is 0 Å². The van der Waals surface area contributed by atoms with E-state index in [0.717, 1.165) is 30.5 Å². The number of carbonyl (C=O) groups is 1. The summed E-state index contributed by atoms with van der Waals surface area (Å²) in [6, 6.07) is 9.98. The number of rotatable bonds is 10. The molecule has 3 heteroatoms. The highest BCUT2D eigenvalue weighted by molar-refractivity contribution is 6.00. The third-order valence-electron chi connectivity index (χ3n) is 3.51. The van der Waals surface area contributed by atoms with Crippen LogP contribution in [0.5, 0.6) is 0 Å². The van der Waals surface area contributed by atoms with E-state index >= 15 is 0 Å². The van der Waals surface area contributed by atoms with E-state index in [1.807, 2.05) is 37.3 Å². The minimum Gasteiger partial charge on any atom is -0.273 e. The third-order valence-corrected chi connectivity index (χ3v) is 3.51. The van der Waals surface area contributed by atoms with Gasteiger partial charge in [-0.1, -0.05) is 76.3 Å². The average molecular weight is 288 g/mol. The highest BCUT2D eigenvalue weighted by Gasteiger charge is 2.03. The summed E-state index contributed by atoms with van der Waals surface area (Å²) in [7, 11) is 0. The third kappa shape index (κ3) is 7.64. The Bertz CT molecular complexity index is 426. The largest absolute Gasteiger partial charge is 0.273 e. The zero-order chi connectivity index (χ0) is 15.3. The van der Waals surface area contributed by atoms with E-state index in [2.05, 4.69) is 17.5 Å². The first-order valence-corrected chi connectivity index (χ1v) is 8.18. The van der Waals surface area contributed by atoms with Crippen molar-refractivity contribution in [3.8, 4) is 0 Å². The van der Waals surface area contributed by atoms with Crippen LogP contribution >= 0.6 is 0 Å². The molecule has 0 aliphatic carbocycles. The molecule has 1 aromatic carbocycles. The summed E-state index contributed by atoms with van der Waals surface area (Å²) >= 11 is 0. The van der Waals surface area contributed by atoms with Gasteiger partial charge in [0, 0.05) is 6.42 Å². The number of nitrogens with one attached hydrogen (secondary N) is 1. The zero-order valence-corrected chi connectivity index (χ0v) is 13.4. The van der Waals surface area contributed by atoms with Crippen molar-refractivity contribution in [1.29, 1.82) is 0 Å². The highest BCUT2D eigenvalue weighted by Crippen LogP contribution is 2.07. The predicted molar refractivity (Wildman–Crippen MR) is 89.4 cm³/mol. The fourth-order valence-corrected chi connectivity index (χ4v) is 2.23. The molecule has 0 aromatic heterocycles. The minimum atomic E-state index is 0.0207. The lowest BCUT2D eigenvalue weighted by Crippen LogP contribution is -2.19. The molecule has 0 saturated heterocycles. The number of amides is 1. The van der Waals surface area contributed by atoms with Crippen molar-refractivity contribution in [3.05, 3.63) is 35.9 Å². The number of carbonyl (C=O) groups excluding carboxylic acids is 1. The van der Waals surface area contributed by atoms with E-state index in [1.54, 1.807) is 0 Å². The lowest BCUT2D eigenvalue weighted by atomic mass is 10.1. The topological polar surface area (TPSA) is 41.5 Å². The maximum absolute atomic E-state index is 11.8. The van der Waals surface area contributed by atoms with Crippen molar-refractivity contribution < 1.29 is 4.79 Å². The van der Waals surface area contributed by atoms with Gasteiger partial charge in [-0.25, -0.2) is 5.43 Å². The maximum Gasteiger partial charge on any atom is 0.240 e. The van der Waals surface area contributed by atoms with Gasteiger partial charge in [-0.3, -0.25) is 4.79 Å². The summed E-state index contributed by atoms with van der Waals surface area (Å²) in [6.45, 7) is 4.26.